The summed E-state index contributed by atoms with van der Waals surface area (Å²) < 4.78 is 1.91. The van der Waals surface area contributed by atoms with Crippen molar-refractivity contribution in [1.29, 1.82) is 0 Å². The second kappa shape index (κ2) is 9.41. The van der Waals surface area contributed by atoms with E-state index in [2.05, 4.69) is 10.3 Å². The number of thiazole rings is 1. The highest BCUT2D eigenvalue weighted by Crippen LogP contribution is 2.34. The van der Waals surface area contributed by atoms with Crippen molar-refractivity contribution in [3.05, 3.63) is 76.8 Å². The number of rotatable bonds is 6. The third-order valence-corrected chi connectivity index (χ3v) is 7.61. The number of aromatic nitrogens is 1. The molecule has 1 heterocycles. The molecule has 3 aromatic carbocycles. The van der Waals surface area contributed by atoms with E-state index in [-0.39, 0.29) is 11.7 Å². The molecule has 0 atom stereocenters. The summed E-state index contributed by atoms with van der Waals surface area (Å²) in [6.07, 6.45) is 0. The number of hydrogen-bond donors (Lipinski definition) is 1. The molecule has 3 nitrogen and oxygen atoms in total. The molecule has 0 fully saturated rings. The predicted molar refractivity (Wildman–Crippen MR) is 126 cm³/mol. The molecule has 0 radical (unpaired) electrons. The topological polar surface area (TPSA) is 42.0 Å². The summed E-state index contributed by atoms with van der Waals surface area (Å²) in [5, 5.41) is 4.36. The minimum atomic E-state index is -0.0727. The number of para-hydroxylation sites is 1. The SMILES string of the molecule is O=C(CSc1nc2cc(Cl)ccc2s1)Nc1ccccc1Sc1ccc(Cl)cc1. The number of thioether (sulfide) groups is 1. The summed E-state index contributed by atoms with van der Waals surface area (Å²) in [4.78, 5) is 19.1. The Kier molecular flexibility index (Phi) is 6.67. The number of benzene rings is 3. The number of carbonyl (C=O) groups excluding carboxylic acids is 1. The van der Waals surface area contributed by atoms with Gasteiger partial charge in [-0.25, -0.2) is 4.98 Å². The number of carbonyl (C=O) groups is 1. The van der Waals surface area contributed by atoms with Gasteiger partial charge < -0.3 is 5.32 Å². The van der Waals surface area contributed by atoms with Gasteiger partial charge in [0, 0.05) is 19.8 Å². The van der Waals surface area contributed by atoms with Gasteiger partial charge in [-0.2, -0.15) is 0 Å². The average Bonchev–Trinajstić information content (AvgIpc) is 3.11. The van der Waals surface area contributed by atoms with Crippen LogP contribution in [0.3, 0.4) is 0 Å². The van der Waals surface area contributed by atoms with Crippen molar-refractivity contribution < 1.29 is 4.79 Å². The average molecular weight is 477 g/mol. The Bertz CT molecular complexity index is 1160. The quantitative estimate of drug-likeness (QED) is 0.292. The smallest absolute Gasteiger partial charge is 0.234 e. The summed E-state index contributed by atoms with van der Waals surface area (Å²) in [6, 6.07) is 21.0. The molecule has 4 rings (SSSR count). The molecular formula is C21H14Cl2N2OS3. The Hall–Kier alpha value is -1.70. The van der Waals surface area contributed by atoms with E-state index in [1.165, 1.54) is 11.8 Å². The molecule has 146 valence electrons. The highest BCUT2D eigenvalue weighted by Gasteiger charge is 2.11. The molecule has 1 amide bonds. The van der Waals surface area contributed by atoms with Gasteiger partial charge in [0.05, 0.1) is 21.7 Å². The van der Waals surface area contributed by atoms with Crippen molar-refractivity contribution in [3.63, 3.8) is 0 Å². The first-order chi connectivity index (χ1) is 14.1. The highest BCUT2D eigenvalue weighted by atomic mass is 35.5. The molecule has 29 heavy (non-hydrogen) atoms. The second-order valence-electron chi connectivity index (χ2n) is 5.98. The third kappa shape index (κ3) is 5.47. The highest BCUT2D eigenvalue weighted by molar-refractivity contribution is 8.01. The first-order valence-electron chi connectivity index (χ1n) is 8.58. The van der Waals surface area contributed by atoms with Crippen LogP contribution in [0.1, 0.15) is 0 Å². The van der Waals surface area contributed by atoms with Gasteiger partial charge in [-0.1, -0.05) is 58.9 Å². The number of halogens is 2. The van der Waals surface area contributed by atoms with E-state index in [9.17, 15) is 4.79 Å². The van der Waals surface area contributed by atoms with E-state index in [0.717, 1.165) is 30.0 Å². The monoisotopic (exact) mass is 476 g/mol. The molecule has 0 unspecified atom stereocenters. The number of anilines is 1. The molecule has 4 aromatic rings. The molecule has 0 aliphatic heterocycles. The van der Waals surface area contributed by atoms with Crippen LogP contribution in [-0.2, 0) is 4.79 Å². The van der Waals surface area contributed by atoms with Crippen molar-refractivity contribution in [1.82, 2.24) is 4.98 Å². The van der Waals surface area contributed by atoms with Gasteiger partial charge in [0.1, 0.15) is 0 Å². The van der Waals surface area contributed by atoms with E-state index in [0.29, 0.717) is 10.0 Å². The van der Waals surface area contributed by atoms with Gasteiger partial charge in [0.25, 0.3) is 0 Å². The van der Waals surface area contributed by atoms with Gasteiger partial charge in [0.2, 0.25) is 5.91 Å². The lowest BCUT2D eigenvalue weighted by Gasteiger charge is -2.10. The Balaban J connectivity index is 1.40. The summed E-state index contributed by atoms with van der Waals surface area (Å²) in [5.41, 5.74) is 1.64. The Morgan fingerprint density at radius 2 is 1.76 bits per heavy atom. The van der Waals surface area contributed by atoms with Crippen molar-refractivity contribution in [2.24, 2.45) is 0 Å². The number of nitrogens with zero attached hydrogens (tertiary/aromatic N) is 1. The first-order valence-corrected chi connectivity index (χ1v) is 12.0. The molecule has 0 saturated carbocycles. The summed E-state index contributed by atoms with van der Waals surface area (Å²) in [7, 11) is 0. The molecule has 0 saturated heterocycles. The summed E-state index contributed by atoms with van der Waals surface area (Å²) in [5.74, 6) is 0.212. The molecular weight excluding hydrogens is 463 g/mol. The lowest BCUT2D eigenvalue weighted by molar-refractivity contribution is -0.113. The normalized spacial score (nSPS) is 11.0. The molecule has 0 spiro atoms. The van der Waals surface area contributed by atoms with Crippen LogP contribution >= 0.6 is 58.1 Å². The largest absolute Gasteiger partial charge is 0.324 e. The predicted octanol–water partition coefficient (Wildman–Crippen LogP) is 7.49. The second-order valence-corrected chi connectivity index (χ2v) is 10.2. The maximum atomic E-state index is 12.5. The van der Waals surface area contributed by atoms with Crippen molar-refractivity contribution >= 4 is 79.9 Å². The van der Waals surface area contributed by atoms with E-state index in [1.54, 1.807) is 23.1 Å². The van der Waals surface area contributed by atoms with Crippen LogP contribution in [0.25, 0.3) is 10.2 Å². The van der Waals surface area contributed by atoms with Crippen LogP contribution in [0.15, 0.2) is 80.9 Å². The minimum absolute atomic E-state index is 0.0727. The summed E-state index contributed by atoms with van der Waals surface area (Å²) in [6.45, 7) is 0. The van der Waals surface area contributed by atoms with Crippen molar-refractivity contribution in [3.8, 4) is 0 Å². The molecule has 8 heteroatoms. The molecule has 1 aromatic heterocycles. The van der Waals surface area contributed by atoms with Gasteiger partial charge >= 0.3 is 0 Å². The Morgan fingerprint density at radius 1 is 1.00 bits per heavy atom. The van der Waals surface area contributed by atoms with Gasteiger partial charge in [-0.15, -0.1) is 11.3 Å². The standard InChI is InChI=1S/C21H14Cl2N2OS3/c22-13-5-8-15(9-6-13)28-18-4-2-1-3-16(18)24-20(26)12-27-21-25-17-11-14(23)7-10-19(17)29-21/h1-11H,12H2,(H,24,26). The summed E-state index contributed by atoms with van der Waals surface area (Å²) >= 11 is 16.5. The van der Waals surface area contributed by atoms with E-state index in [1.807, 2.05) is 66.7 Å². The molecule has 0 aliphatic carbocycles. The molecule has 1 N–H and O–H groups in total. The van der Waals surface area contributed by atoms with Crippen LogP contribution < -0.4 is 5.32 Å². The fourth-order valence-electron chi connectivity index (χ4n) is 2.54. The number of fused-ring (bicyclic) bond motifs is 1. The molecule has 0 aliphatic rings. The number of nitrogens with one attached hydrogen (secondary N) is 1. The third-order valence-electron chi connectivity index (χ3n) is 3.86. The van der Waals surface area contributed by atoms with Gasteiger partial charge in [0.15, 0.2) is 4.34 Å². The van der Waals surface area contributed by atoms with Crippen molar-refractivity contribution in [2.45, 2.75) is 14.1 Å². The van der Waals surface area contributed by atoms with Crippen LogP contribution in [0.2, 0.25) is 10.0 Å². The van der Waals surface area contributed by atoms with Crippen molar-refractivity contribution in [2.75, 3.05) is 11.1 Å². The lowest BCUT2D eigenvalue weighted by atomic mass is 10.3. The Morgan fingerprint density at radius 3 is 2.59 bits per heavy atom. The maximum Gasteiger partial charge on any atom is 0.234 e. The van der Waals surface area contributed by atoms with Crippen LogP contribution in [0.4, 0.5) is 5.69 Å². The van der Waals surface area contributed by atoms with Crippen LogP contribution in [-0.4, -0.2) is 16.6 Å². The number of hydrogen-bond acceptors (Lipinski definition) is 5. The van der Waals surface area contributed by atoms with E-state index in [4.69, 9.17) is 23.2 Å². The maximum absolute atomic E-state index is 12.5. The minimum Gasteiger partial charge on any atom is -0.324 e. The Labute approximate surface area is 190 Å². The first kappa shape index (κ1) is 20.6. The van der Waals surface area contributed by atoms with E-state index >= 15 is 0 Å². The van der Waals surface area contributed by atoms with Gasteiger partial charge in [-0.3, -0.25) is 4.79 Å². The zero-order valence-electron chi connectivity index (χ0n) is 14.9. The fourth-order valence-corrected chi connectivity index (χ4v) is 5.59. The van der Waals surface area contributed by atoms with Gasteiger partial charge in [-0.05, 0) is 54.6 Å². The zero-order valence-corrected chi connectivity index (χ0v) is 18.9. The molecule has 0 bridgehead atoms. The number of amides is 1. The lowest BCUT2D eigenvalue weighted by Crippen LogP contribution is -2.14. The van der Waals surface area contributed by atoms with Crippen LogP contribution in [0, 0.1) is 0 Å². The van der Waals surface area contributed by atoms with Crippen LogP contribution in [0.5, 0.6) is 0 Å². The van der Waals surface area contributed by atoms with E-state index < -0.39 is 0 Å². The fraction of sp³-hybridized carbons (Fsp3) is 0.0476. The zero-order chi connectivity index (χ0) is 20.2.